The minimum Gasteiger partial charge on any atom is -0.433 e. The first-order chi connectivity index (χ1) is 6.67. The Morgan fingerprint density at radius 2 is 2.21 bits per heavy atom. The first-order valence-electron chi connectivity index (χ1n) is 4.21. The molecule has 5 heteroatoms. The van der Waals surface area contributed by atoms with E-state index in [4.69, 9.17) is 5.84 Å². The number of benzene rings is 1. The molecule has 0 unspecified atom stereocenters. The van der Waals surface area contributed by atoms with Gasteiger partial charge in [-0.3, -0.25) is 5.84 Å². The summed E-state index contributed by atoms with van der Waals surface area (Å²) in [5.74, 6) is 5.23. The molecule has 0 spiro atoms. The normalized spacial score (nSPS) is 10.4. The molecule has 0 radical (unpaired) electrons. The van der Waals surface area contributed by atoms with Crippen molar-refractivity contribution in [1.82, 2.24) is 0 Å². The van der Waals surface area contributed by atoms with Crippen molar-refractivity contribution >= 4 is 5.69 Å². The van der Waals surface area contributed by atoms with Crippen LogP contribution >= 0.6 is 0 Å². The lowest BCUT2D eigenvalue weighted by Gasteiger charge is -2.11. The zero-order chi connectivity index (χ0) is 10.6. The van der Waals surface area contributed by atoms with Crippen LogP contribution in [0.3, 0.4) is 0 Å². The van der Waals surface area contributed by atoms with Crippen molar-refractivity contribution in [3.63, 3.8) is 0 Å². The molecule has 3 N–H and O–H groups in total. The maximum absolute atomic E-state index is 11.9. The van der Waals surface area contributed by atoms with Gasteiger partial charge in [0.15, 0.2) is 5.75 Å². The largest absolute Gasteiger partial charge is 0.433 e. The van der Waals surface area contributed by atoms with Crippen molar-refractivity contribution in [2.75, 3.05) is 5.43 Å². The smallest absolute Gasteiger partial charge is 0.387 e. The molecule has 0 aliphatic carbocycles. The van der Waals surface area contributed by atoms with Gasteiger partial charge in [0.25, 0.3) is 0 Å². The zero-order valence-corrected chi connectivity index (χ0v) is 7.76. The number of halogens is 2. The Bertz CT molecular complexity index is 305. The zero-order valence-electron chi connectivity index (χ0n) is 7.76. The molecule has 1 aromatic rings. The van der Waals surface area contributed by atoms with Gasteiger partial charge in [-0.15, -0.1) is 0 Å². The summed E-state index contributed by atoms with van der Waals surface area (Å²) in [5, 5.41) is 0. The molecule has 0 amide bonds. The molecular formula is C9H12F2N2O. The molecular weight excluding hydrogens is 190 g/mol. The number of hydrogen-bond donors (Lipinski definition) is 2. The summed E-state index contributed by atoms with van der Waals surface area (Å²) < 4.78 is 28.1. The van der Waals surface area contributed by atoms with Crippen LogP contribution in [0.1, 0.15) is 12.5 Å². The summed E-state index contributed by atoms with van der Waals surface area (Å²) in [4.78, 5) is 0. The van der Waals surface area contributed by atoms with E-state index in [9.17, 15) is 8.78 Å². The Morgan fingerprint density at radius 1 is 1.50 bits per heavy atom. The Labute approximate surface area is 80.8 Å². The molecule has 0 bridgehead atoms. The van der Waals surface area contributed by atoms with Gasteiger partial charge in [-0.25, -0.2) is 0 Å². The number of nitrogen functional groups attached to an aromatic ring is 1. The molecule has 0 atom stereocenters. The SMILES string of the molecule is CCc1ccc(OC(F)F)c(NN)c1. The third-order valence-corrected chi connectivity index (χ3v) is 1.82. The highest BCUT2D eigenvalue weighted by Crippen LogP contribution is 2.26. The van der Waals surface area contributed by atoms with Crippen molar-refractivity contribution in [2.45, 2.75) is 20.0 Å². The van der Waals surface area contributed by atoms with Gasteiger partial charge in [0.1, 0.15) is 0 Å². The second-order valence-electron chi connectivity index (χ2n) is 2.71. The fraction of sp³-hybridized carbons (Fsp3) is 0.333. The molecule has 3 nitrogen and oxygen atoms in total. The minimum absolute atomic E-state index is 0.0553. The first kappa shape index (κ1) is 10.7. The van der Waals surface area contributed by atoms with Crippen LogP contribution in [0.2, 0.25) is 0 Å². The average Bonchev–Trinajstić information content (AvgIpc) is 2.17. The van der Waals surface area contributed by atoms with E-state index >= 15 is 0 Å². The molecule has 14 heavy (non-hydrogen) atoms. The van der Waals surface area contributed by atoms with Crippen LogP contribution in [0.25, 0.3) is 0 Å². The molecule has 0 aromatic heterocycles. The summed E-state index contributed by atoms with van der Waals surface area (Å²) in [6.45, 7) is -0.877. The van der Waals surface area contributed by atoms with E-state index < -0.39 is 6.61 Å². The van der Waals surface area contributed by atoms with Crippen molar-refractivity contribution in [3.8, 4) is 5.75 Å². The quantitative estimate of drug-likeness (QED) is 0.580. The van der Waals surface area contributed by atoms with Gasteiger partial charge in [0.05, 0.1) is 5.69 Å². The monoisotopic (exact) mass is 202 g/mol. The number of rotatable bonds is 4. The molecule has 78 valence electrons. The van der Waals surface area contributed by atoms with Gasteiger partial charge >= 0.3 is 6.61 Å². The summed E-state index contributed by atoms with van der Waals surface area (Å²) in [6, 6.07) is 4.87. The fourth-order valence-corrected chi connectivity index (χ4v) is 1.11. The third kappa shape index (κ3) is 2.56. The van der Waals surface area contributed by atoms with E-state index in [2.05, 4.69) is 10.2 Å². The second-order valence-corrected chi connectivity index (χ2v) is 2.71. The summed E-state index contributed by atoms with van der Waals surface area (Å²) in [5.41, 5.74) is 3.68. The van der Waals surface area contributed by atoms with Crippen LogP contribution < -0.4 is 16.0 Å². The Hall–Kier alpha value is -1.36. The van der Waals surface area contributed by atoms with E-state index in [1.54, 1.807) is 12.1 Å². The molecule has 0 fully saturated rings. The lowest BCUT2D eigenvalue weighted by molar-refractivity contribution is -0.0493. The van der Waals surface area contributed by atoms with Crippen LogP contribution in [-0.2, 0) is 6.42 Å². The van der Waals surface area contributed by atoms with Crippen molar-refractivity contribution < 1.29 is 13.5 Å². The van der Waals surface area contributed by atoms with E-state index in [1.165, 1.54) is 6.07 Å². The predicted octanol–water partition coefficient (Wildman–Crippen LogP) is 2.14. The summed E-state index contributed by atoms with van der Waals surface area (Å²) >= 11 is 0. The second kappa shape index (κ2) is 4.76. The number of anilines is 1. The molecule has 0 aliphatic rings. The lowest BCUT2D eigenvalue weighted by Crippen LogP contribution is -2.11. The standard InChI is InChI=1S/C9H12F2N2O/c1-2-6-3-4-8(14-9(10)11)7(5-6)13-12/h3-5,9,13H,2,12H2,1H3. The lowest BCUT2D eigenvalue weighted by atomic mass is 10.1. The first-order valence-corrected chi connectivity index (χ1v) is 4.21. The number of nitrogens with two attached hydrogens (primary N) is 1. The Kier molecular flexibility index (Phi) is 3.64. The highest BCUT2D eigenvalue weighted by Gasteiger charge is 2.08. The number of hydrogen-bond acceptors (Lipinski definition) is 3. The maximum atomic E-state index is 11.9. The minimum atomic E-state index is -2.84. The van der Waals surface area contributed by atoms with E-state index in [0.717, 1.165) is 12.0 Å². The predicted molar refractivity (Wildman–Crippen MR) is 50.3 cm³/mol. The van der Waals surface area contributed by atoms with Crippen LogP contribution in [-0.4, -0.2) is 6.61 Å². The van der Waals surface area contributed by atoms with Crippen LogP contribution in [0.4, 0.5) is 14.5 Å². The van der Waals surface area contributed by atoms with E-state index in [-0.39, 0.29) is 5.75 Å². The summed E-state index contributed by atoms with van der Waals surface area (Å²) in [7, 11) is 0. The highest BCUT2D eigenvalue weighted by molar-refractivity contribution is 5.57. The molecule has 1 rings (SSSR count). The number of hydrazine groups is 1. The van der Waals surface area contributed by atoms with Gasteiger partial charge in [-0.2, -0.15) is 8.78 Å². The van der Waals surface area contributed by atoms with Gasteiger partial charge in [-0.1, -0.05) is 13.0 Å². The third-order valence-electron chi connectivity index (χ3n) is 1.82. The van der Waals surface area contributed by atoms with Gasteiger partial charge < -0.3 is 10.2 Å². The van der Waals surface area contributed by atoms with E-state index in [1.807, 2.05) is 6.92 Å². The van der Waals surface area contributed by atoms with Crippen molar-refractivity contribution in [3.05, 3.63) is 23.8 Å². The molecule has 1 aromatic carbocycles. The average molecular weight is 202 g/mol. The Balaban J connectivity index is 2.93. The summed E-state index contributed by atoms with van der Waals surface area (Å²) in [6.07, 6.45) is 0.809. The number of alkyl halides is 2. The highest BCUT2D eigenvalue weighted by atomic mass is 19.3. The van der Waals surface area contributed by atoms with Gasteiger partial charge in [0.2, 0.25) is 0 Å². The van der Waals surface area contributed by atoms with Crippen LogP contribution in [0.15, 0.2) is 18.2 Å². The molecule has 0 saturated heterocycles. The number of aryl methyl sites for hydroxylation is 1. The van der Waals surface area contributed by atoms with Gasteiger partial charge in [-0.05, 0) is 24.1 Å². The van der Waals surface area contributed by atoms with Crippen LogP contribution in [0, 0.1) is 0 Å². The van der Waals surface area contributed by atoms with Crippen LogP contribution in [0.5, 0.6) is 5.75 Å². The maximum Gasteiger partial charge on any atom is 0.387 e. The van der Waals surface area contributed by atoms with E-state index in [0.29, 0.717) is 5.69 Å². The molecule has 0 saturated carbocycles. The molecule has 0 aliphatic heterocycles. The number of nitrogens with one attached hydrogen (secondary N) is 1. The van der Waals surface area contributed by atoms with Crippen molar-refractivity contribution in [1.29, 1.82) is 0 Å². The van der Waals surface area contributed by atoms with Gasteiger partial charge in [0, 0.05) is 0 Å². The number of ether oxygens (including phenoxy) is 1. The Morgan fingerprint density at radius 3 is 2.71 bits per heavy atom. The fourth-order valence-electron chi connectivity index (χ4n) is 1.11. The molecule has 0 heterocycles. The topological polar surface area (TPSA) is 47.3 Å². The van der Waals surface area contributed by atoms with Crippen molar-refractivity contribution in [2.24, 2.45) is 5.84 Å².